The number of aliphatic hydroxyl groups is 1. The van der Waals surface area contributed by atoms with Crippen molar-refractivity contribution in [3.05, 3.63) is 12.2 Å². The van der Waals surface area contributed by atoms with Crippen LogP contribution in [0, 0.1) is 0 Å². The number of hydrogen-bond donors (Lipinski definition) is 1. The van der Waals surface area contributed by atoms with Crippen LogP contribution in [0.5, 0.6) is 0 Å². The van der Waals surface area contributed by atoms with Crippen molar-refractivity contribution in [1.82, 2.24) is 0 Å². The molecule has 0 aliphatic carbocycles. The van der Waals surface area contributed by atoms with E-state index in [-0.39, 0.29) is 25.2 Å². The summed E-state index contributed by atoms with van der Waals surface area (Å²) in [5.74, 6) is -0.560. The number of ether oxygens (including phenoxy) is 2. The molecular formula is C74H144O5. The number of carbonyl (C=O) groups is 2. The Balaban J connectivity index is 3.33. The van der Waals surface area contributed by atoms with E-state index >= 15 is 0 Å². The lowest BCUT2D eigenvalue weighted by Crippen LogP contribution is -2.28. The van der Waals surface area contributed by atoms with Crippen molar-refractivity contribution in [2.75, 3.05) is 13.2 Å². The molecule has 0 aromatic carbocycles. The van der Waals surface area contributed by atoms with E-state index in [2.05, 4.69) is 26.0 Å². The third-order valence-electron chi connectivity index (χ3n) is 17.3. The van der Waals surface area contributed by atoms with E-state index in [0.717, 1.165) is 32.1 Å². The molecule has 1 N–H and O–H groups in total. The Hall–Kier alpha value is -1.36. The maximum absolute atomic E-state index is 12.4. The molecule has 5 nitrogen and oxygen atoms in total. The normalized spacial score (nSPS) is 12.1. The van der Waals surface area contributed by atoms with Gasteiger partial charge in [-0.3, -0.25) is 9.59 Å². The monoisotopic (exact) mass is 1110 g/mol. The zero-order valence-corrected chi connectivity index (χ0v) is 54.2. The molecule has 0 heterocycles. The summed E-state index contributed by atoms with van der Waals surface area (Å²) in [6.45, 7) is 4.22. The molecule has 0 amide bonds. The van der Waals surface area contributed by atoms with Crippen molar-refractivity contribution in [3.63, 3.8) is 0 Å². The van der Waals surface area contributed by atoms with E-state index in [4.69, 9.17) is 9.47 Å². The van der Waals surface area contributed by atoms with Gasteiger partial charge in [-0.05, 0) is 38.5 Å². The second-order valence-corrected chi connectivity index (χ2v) is 25.4. The Labute approximate surface area is 496 Å². The largest absolute Gasteiger partial charge is 0.462 e. The van der Waals surface area contributed by atoms with Gasteiger partial charge in [0.25, 0.3) is 0 Å². The van der Waals surface area contributed by atoms with Gasteiger partial charge in [-0.25, -0.2) is 0 Å². The second kappa shape index (κ2) is 70.9. The number of aliphatic hydroxyl groups excluding tert-OH is 1. The fraction of sp³-hybridized carbons (Fsp3) is 0.946. The molecule has 0 aliphatic rings. The highest BCUT2D eigenvalue weighted by Gasteiger charge is 2.16. The molecular weight excluding hydrogens is 969 g/mol. The molecule has 0 saturated carbocycles. The highest BCUT2D eigenvalue weighted by Crippen LogP contribution is 2.20. The third kappa shape index (κ3) is 69.0. The highest BCUT2D eigenvalue weighted by molar-refractivity contribution is 5.70. The molecule has 0 aromatic heterocycles. The van der Waals surface area contributed by atoms with Crippen molar-refractivity contribution >= 4 is 11.9 Å². The molecule has 0 spiro atoms. The molecule has 470 valence electrons. The minimum Gasteiger partial charge on any atom is -0.462 e. The maximum atomic E-state index is 12.4. The minimum atomic E-state index is -0.766. The maximum Gasteiger partial charge on any atom is 0.306 e. The first-order chi connectivity index (χ1) is 39.1. The van der Waals surface area contributed by atoms with Crippen molar-refractivity contribution in [3.8, 4) is 0 Å². The van der Waals surface area contributed by atoms with E-state index < -0.39 is 6.10 Å². The molecule has 0 rings (SSSR count). The minimum absolute atomic E-state index is 0.0561. The molecule has 0 saturated heterocycles. The van der Waals surface area contributed by atoms with Crippen LogP contribution in [-0.4, -0.2) is 36.4 Å². The van der Waals surface area contributed by atoms with E-state index in [9.17, 15) is 14.7 Å². The SMILES string of the molecule is CCCCCCCCCC/C=C\CCCCCCCCCCCCCCCCCCCCCCCCCCCCCCCC(=O)OC(CO)COC(=O)CCCCCCCCCCCCCCCCCCCCCCCCCC. The van der Waals surface area contributed by atoms with E-state index in [1.807, 2.05) is 0 Å². The van der Waals surface area contributed by atoms with Gasteiger partial charge in [0, 0.05) is 12.8 Å². The van der Waals surface area contributed by atoms with Gasteiger partial charge in [0.15, 0.2) is 6.10 Å². The first kappa shape index (κ1) is 77.6. The van der Waals surface area contributed by atoms with Crippen LogP contribution in [0.3, 0.4) is 0 Å². The lowest BCUT2D eigenvalue weighted by Gasteiger charge is -2.15. The number of rotatable bonds is 70. The van der Waals surface area contributed by atoms with Crippen LogP contribution in [0.1, 0.15) is 431 Å². The van der Waals surface area contributed by atoms with Crippen LogP contribution < -0.4 is 0 Å². The number of unbranched alkanes of at least 4 members (excludes halogenated alkanes) is 60. The smallest absolute Gasteiger partial charge is 0.306 e. The lowest BCUT2D eigenvalue weighted by molar-refractivity contribution is -0.161. The Morgan fingerprint density at radius 1 is 0.278 bits per heavy atom. The van der Waals surface area contributed by atoms with Gasteiger partial charge in [-0.2, -0.15) is 0 Å². The fourth-order valence-corrected chi connectivity index (χ4v) is 11.8. The number of allylic oxidation sites excluding steroid dienone is 2. The number of hydrogen-bond acceptors (Lipinski definition) is 5. The summed E-state index contributed by atoms with van der Waals surface area (Å²) >= 11 is 0. The van der Waals surface area contributed by atoms with Gasteiger partial charge >= 0.3 is 11.9 Å². The molecule has 0 bridgehead atoms. The molecule has 5 heteroatoms. The van der Waals surface area contributed by atoms with Gasteiger partial charge in [-0.15, -0.1) is 0 Å². The van der Waals surface area contributed by atoms with Crippen molar-refractivity contribution in [1.29, 1.82) is 0 Å². The number of carbonyl (C=O) groups excluding carboxylic acids is 2. The van der Waals surface area contributed by atoms with E-state index in [0.29, 0.717) is 12.8 Å². The summed E-state index contributed by atoms with van der Waals surface area (Å²) in [7, 11) is 0. The van der Waals surface area contributed by atoms with Gasteiger partial charge in [0.2, 0.25) is 0 Å². The van der Waals surface area contributed by atoms with Gasteiger partial charge in [0.1, 0.15) is 6.61 Å². The summed E-state index contributed by atoms with van der Waals surface area (Å²) in [4.78, 5) is 24.6. The van der Waals surface area contributed by atoms with Gasteiger partial charge in [0.05, 0.1) is 6.61 Å². The standard InChI is InChI=1S/C74H144O5/c1-3-5-7-9-11-13-15-17-19-21-23-25-27-29-30-31-32-33-34-35-36-37-38-39-40-41-42-43-44-45-47-49-51-53-55-57-59-61-63-65-67-69-74(77)79-72(70-75)71-78-73(76)68-66-64-62-60-58-56-54-52-50-48-46-28-26-24-22-20-18-16-14-12-10-8-6-4-2/h21,23,72,75H,3-20,22,24-71H2,1-2H3/b23-21-. The molecule has 79 heavy (non-hydrogen) atoms. The Bertz CT molecular complexity index is 1170. The quantitative estimate of drug-likeness (QED) is 0.0373. The summed E-state index contributed by atoms with van der Waals surface area (Å²) < 4.78 is 10.8. The first-order valence-electron chi connectivity index (χ1n) is 36.7. The lowest BCUT2D eigenvalue weighted by atomic mass is 10.0. The van der Waals surface area contributed by atoms with Crippen LogP contribution >= 0.6 is 0 Å². The van der Waals surface area contributed by atoms with Gasteiger partial charge in [-0.1, -0.05) is 392 Å². The summed E-state index contributed by atoms with van der Waals surface area (Å²) in [5, 5.41) is 9.70. The van der Waals surface area contributed by atoms with Crippen molar-refractivity contribution in [2.45, 2.75) is 437 Å². The second-order valence-electron chi connectivity index (χ2n) is 25.4. The average molecular weight is 1110 g/mol. The molecule has 0 aliphatic heterocycles. The van der Waals surface area contributed by atoms with Crippen LogP contribution in [0.4, 0.5) is 0 Å². The Morgan fingerprint density at radius 3 is 0.684 bits per heavy atom. The third-order valence-corrected chi connectivity index (χ3v) is 17.3. The topological polar surface area (TPSA) is 72.8 Å². The predicted molar refractivity (Wildman–Crippen MR) is 349 cm³/mol. The molecule has 0 aromatic rings. The average Bonchev–Trinajstić information content (AvgIpc) is 3.45. The zero-order chi connectivity index (χ0) is 56.9. The Morgan fingerprint density at radius 2 is 0.468 bits per heavy atom. The Kier molecular flexibility index (Phi) is 69.7. The van der Waals surface area contributed by atoms with Crippen LogP contribution in [0.2, 0.25) is 0 Å². The summed E-state index contributed by atoms with van der Waals surface area (Å²) in [5.41, 5.74) is 0. The van der Waals surface area contributed by atoms with Crippen molar-refractivity contribution < 1.29 is 24.2 Å². The van der Waals surface area contributed by atoms with E-state index in [1.165, 1.54) is 372 Å². The van der Waals surface area contributed by atoms with E-state index in [1.54, 1.807) is 0 Å². The number of esters is 2. The molecule has 1 unspecified atom stereocenters. The fourth-order valence-electron chi connectivity index (χ4n) is 11.8. The van der Waals surface area contributed by atoms with Crippen LogP contribution in [0.25, 0.3) is 0 Å². The van der Waals surface area contributed by atoms with Crippen LogP contribution in [-0.2, 0) is 19.1 Å². The first-order valence-corrected chi connectivity index (χ1v) is 36.7. The van der Waals surface area contributed by atoms with Crippen LogP contribution in [0.15, 0.2) is 12.2 Å². The highest BCUT2D eigenvalue weighted by atomic mass is 16.6. The molecule has 0 radical (unpaired) electrons. The predicted octanol–water partition coefficient (Wildman–Crippen LogP) is 25.4. The molecule has 1 atom stereocenters. The van der Waals surface area contributed by atoms with Crippen molar-refractivity contribution in [2.24, 2.45) is 0 Å². The summed E-state index contributed by atoms with van der Waals surface area (Å²) in [6.07, 6.45) is 91.4. The van der Waals surface area contributed by atoms with Gasteiger partial charge < -0.3 is 14.6 Å². The zero-order valence-electron chi connectivity index (χ0n) is 54.2. The summed E-state index contributed by atoms with van der Waals surface area (Å²) in [6, 6.07) is 0. The molecule has 0 fully saturated rings.